The van der Waals surface area contributed by atoms with Crippen LogP contribution in [0.2, 0.25) is 0 Å². The van der Waals surface area contributed by atoms with E-state index in [2.05, 4.69) is 47.6 Å². The zero-order valence-electron chi connectivity index (χ0n) is 14.6. The molecule has 6 nitrogen and oxygen atoms in total. The Kier molecular flexibility index (Phi) is 6.81. The lowest BCUT2D eigenvalue weighted by Gasteiger charge is -2.15. The Morgan fingerprint density at radius 1 is 1.38 bits per heavy atom. The number of ether oxygens (including phenoxy) is 1. The summed E-state index contributed by atoms with van der Waals surface area (Å²) in [7, 11) is 1.65. The minimum Gasteiger partial charge on any atom is -0.383 e. The summed E-state index contributed by atoms with van der Waals surface area (Å²) in [5, 5.41) is 11.7. The van der Waals surface area contributed by atoms with Gasteiger partial charge in [0.05, 0.1) is 18.4 Å². The highest BCUT2D eigenvalue weighted by atomic mass is 32.2. The number of aromatic nitrogens is 3. The van der Waals surface area contributed by atoms with E-state index < -0.39 is 0 Å². The van der Waals surface area contributed by atoms with Gasteiger partial charge in [-0.3, -0.25) is 4.79 Å². The molecule has 1 unspecified atom stereocenters. The fraction of sp³-hybridized carbons (Fsp3) is 0.471. The summed E-state index contributed by atoms with van der Waals surface area (Å²) in [5.41, 5.74) is 3.59. The number of amides is 1. The number of hydrogen-bond acceptors (Lipinski definition) is 5. The Morgan fingerprint density at radius 2 is 2.17 bits per heavy atom. The minimum atomic E-state index is -0.0243. The number of nitrogens with one attached hydrogen (secondary N) is 1. The maximum absolute atomic E-state index is 12.2. The van der Waals surface area contributed by atoms with E-state index >= 15 is 0 Å². The number of aryl methyl sites for hydroxylation is 2. The van der Waals surface area contributed by atoms with Crippen LogP contribution in [0.3, 0.4) is 0 Å². The van der Waals surface area contributed by atoms with Gasteiger partial charge in [-0.25, -0.2) is 0 Å². The van der Waals surface area contributed by atoms with E-state index in [1.165, 1.54) is 22.9 Å². The summed E-state index contributed by atoms with van der Waals surface area (Å²) in [6.07, 6.45) is 1.65. The van der Waals surface area contributed by atoms with E-state index in [0.717, 1.165) is 10.7 Å². The SMILES string of the molecule is COCCn1cnnc1SCC(=O)NC(C)c1ccc(C)c(C)c1. The Balaban J connectivity index is 1.86. The lowest BCUT2D eigenvalue weighted by molar-refractivity contribution is -0.119. The van der Waals surface area contributed by atoms with Gasteiger partial charge in [-0.05, 0) is 37.5 Å². The van der Waals surface area contributed by atoms with Crippen molar-refractivity contribution in [2.45, 2.75) is 38.5 Å². The molecule has 1 aromatic carbocycles. The predicted octanol–water partition coefficient (Wildman–Crippen LogP) is 2.51. The molecule has 0 spiro atoms. The Labute approximate surface area is 147 Å². The zero-order chi connectivity index (χ0) is 17.5. The Hall–Kier alpha value is -1.86. The number of rotatable bonds is 8. The van der Waals surface area contributed by atoms with Crippen molar-refractivity contribution in [2.24, 2.45) is 0 Å². The van der Waals surface area contributed by atoms with Crippen LogP contribution in [0.5, 0.6) is 0 Å². The first-order valence-corrected chi connectivity index (χ1v) is 8.86. The maximum Gasteiger partial charge on any atom is 0.230 e. The van der Waals surface area contributed by atoms with Gasteiger partial charge in [-0.15, -0.1) is 10.2 Å². The fourth-order valence-electron chi connectivity index (χ4n) is 2.23. The highest BCUT2D eigenvalue weighted by Crippen LogP contribution is 2.18. The van der Waals surface area contributed by atoms with Crippen LogP contribution in [0.1, 0.15) is 29.7 Å². The molecule has 1 heterocycles. The van der Waals surface area contributed by atoms with Crippen LogP contribution in [0, 0.1) is 13.8 Å². The molecule has 1 amide bonds. The summed E-state index contributed by atoms with van der Waals surface area (Å²) < 4.78 is 6.93. The number of methoxy groups -OCH3 is 1. The van der Waals surface area contributed by atoms with Crippen LogP contribution in [0.4, 0.5) is 0 Å². The van der Waals surface area contributed by atoms with Crippen molar-refractivity contribution >= 4 is 17.7 Å². The third-order valence-electron chi connectivity index (χ3n) is 3.86. The highest BCUT2D eigenvalue weighted by Gasteiger charge is 2.12. The van der Waals surface area contributed by atoms with Crippen molar-refractivity contribution in [1.82, 2.24) is 20.1 Å². The molecule has 1 aromatic heterocycles. The predicted molar refractivity (Wildman–Crippen MR) is 95.1 cm³/mol. The van der Waals surface area contributed by atoms with Crippen molar-refractivity contribution < 1.29 is 9.53 Å². The second-order valence-corrected chi connectivity index (χ2v) is 6.66. The van der Waals surface area contributed by atoms with Crippen molar-refractivity contribution in [2.75, 3.05) is 19.5 Å². The minimum absolute atomic E-state index is 0.0213. The molecule has 7 heteroatoms. The molecule has 0 saturated heterocycles. The normalized spacial score (nSPS) is 12.2. The second-order valence-electron chi connectivity index (χ2n) is 5.72. The van der Waals surface area contributed by atoms with Gasteiger partial charge in [0.25, 0.3) is 0 Å². The first kappa shape index (κ1) is 18.5. The third-order valence-corrected chi connectivity index (χ3v) is 4.84. The molecule has 0 radical (unpaired) electrons. The molecule has 1 N–H and O–H groups in total. The van der Waals surface area contributed by atoms with Crippen LogP contribution >= 0.6 is 11.8 Å². The fourth-order valence-corrected chi connectivity index (χ4v) is 2.98. The van der Waals surface area contributed by atoms with Crippen LogP contribution in [-0.4, -0.2) is 40.1 Å². The van der Waals surface area contributed by atoms with Crippen molar-refractivity contribution in [3.63, 3.8) is 0 Å². The number of nitrogens with zero attached hydrogens (tertiary/aromatic N) is 3. The number of thioether (sulfide) groups is 1. The third kappa shape index (κ3) is 5.07. The van der Waals surface area contributed by atoms with Crippen molar-refractivity contribution in [3.8, 4) is 0 Å². The zero-order valence-corrected chi connectivity index (χ0v) is 15.4. The molecule has 2 rings (SSSR count). The summed E-state index contributed by atoms with van der Waals surface area (Å²) in [4.78, 5) is 12.2. The van der Waals surface area contributed by atoms with Gasteiger partial charge in [-0.1, -0.05) is 30.0 Å². The standard InChI is InChI=1S/C17H24N4O2S/c1-12-5-6-15(9-13(12)2)14(3)19-16(22)10-24-17-20-18-11-21(17)7-8-23-4/h5-6,9,11,14H,7-8,10H2,1-4H3,(H,19,22). The first-order valence-electron chi connectivity index (χ1n) is 7.87. The lowest BCUT2D eigenvalue weighted by atomic mass is 10.0. The van der Waals surface area contributed by atoms with Gasteiger partial charge in [0.2, 0.25) is 5.91 Å². The van der Waals surface area contributed by atoms with Gasteiger partial charge in [0.1, 0.15) is 6.33 Å². The molecule has 0 aliphatic carbocycles. The summed E-state index contributed by atoms with van der Waals surface area (Å²) >= 11 is 1.38. The van der Waals surface area contributed by atoms with Crippen molar-refractivity contribution in [1.29, 1.82) is 0 Å². The summed E-state index contributed by atoms with van der Waals surface area (Å²) in [5.74, 6) is 0.285. The average Bonchev–Trinajstić information content (AvgIpc) is 3.00. The molecule has 0 bridgehead atoms. The summed E-state index contributed by atoms with van der Waals surface area (Å²) in [6.45, 7) is 7.41. The smallest absolute Gasteiger partial charge is 0.230 e. The number of hydrogen-bond donors (Lipinski definition) is 1. The molecule has 1 atom stereocenters. The first-order chi connectivity index (χ1) is 11.5. The molecule has 2 aromatic rings. The number of carbonyl (C=O) groups excluding carboxylic acids is 1. The van der Waals surface area contributed by atoms with E-state index in [4.69, 9.17) is 4.74 Å². The Bertz CT molecular complexity index is 687. The molecule has 0 saturated carbocycles. The number of benzene rings is 1. The molecular formula is C17H24N4O2S. The molecule has 0 aliphatic heterocycles. The summed E-state index contributed by atoms with van der Waals surface area (Å²) in [6, 6.07) is 6.24. The quantitative estimate of drug-likeness (QED) is 0.743. The van der Waals surface area contributed by atoms with Gasteiger partial charge >= 0.3 is 0 Å². The van der Waals surface area contributed by atoms with Crippen LogP contribution in [0.25, 0.3) is 0 Å². The monoisotopic (exact) mass is 348 g/mol. The Morgan fingerprint density at radius 3 is 2.88 bits per heavy atom. The van der Waals surface area contributed by atoms with E-state index in [-0.39, 0.29) is 11.9 Å². The van der Waals surface area contributed by atoms with Crippen LogP contribution < -0.4 is 5.32 Å². The molecule has 130 valence electrons. The van der Waals surface area contributed by atoms with E-state index in [1.54, 1.807) is 13.4 Å². The lowest BCUT2D eigenvalue weighted by Crippen LogP contribution is -2.28. The van der Waals surface area contributed by atoms with Crippen molar-refractivity contribution in [3.05, 3.63) is 41.2 Å². The molecule has 0 fully saturated rings. The van der Waals surface area contributed by atoms with E-state index in [0.29, 0.717) is 18.9 Å². The topological polar surface area (TPSA) is 69.0 Å². The van der Waals surface area contributed by atoms with Gasteiger partial charge < -0.3 is 14.6 Å². The second kappa shape index (κ2) is 8.84. The van der Waals surface area contributed by atoms with Crippen LogP contribution in [-0.2, 0) is 16.1 Å². The van der Waals surface area contributed by atoms with E-state index in [1.807, 2.05) is 11.5 Å². The van der Waals surface area contributed by atoms with Gasteiger partial charge in [0, 0.05) is 13.7 Å². The van der Waals surface area contributed by atoms with E-state index in [9.17, 15) is 4.79 Å². The van der Waals surface area contributed by atoms with Gasteiger partial charge in [0.15, 0.2) is 5.16 Å². The molecule has 0 aliphatic rings. The largest absolute Gasteiger partial charge is 0.383 e. The molecule has 24 heavy (non-hydrogen) atoms. The highest BCUT2D eigenvalue weighted by molar-refractivity contribution is 7.99. The number of carbonyl (C=O) groups is 1. The molecular weight excluding hydrogens is 324 g/mol. The van der Waals surface area contributed by atoms with Crippen LogP contribution in [0.15, 0.2) is 29.7 Å². The average molecular weight is 348 g/mol. The van der Waals surface area contributed by atoms with Gasteiger partial charge in [-0.2, -0.15) is 0 Å². The maximum atomic E-state index is 12.2.